The lowest BCUT2D eigenvalue weighted by Gasteiger charge is -2.24. The normalized spacial score (nSPS) is 23.1. The van der Waals surface area contributed by atoms with Gasteiger partial charge in [-0.1, -0.05) is 0 Å². The average Bonchev–Trinajstić information content (AvgIpc) is 2.71. The van der Waals surface area contributed by atoms with Gasteiger partial charge in [0.2, 0.25) is 5.91 Å². The maximum Gasteiger partial charge on any atom is 0.308 e. The number of amides is 1. The highest BCUT2D eigenvalue weighted by atomic mass is 16.4. The number of carboxylic acids is 1. The standard InChI is InChI=1S/C12H15N3O3/c1-7-9(12(17)18)3-5-15(7)10-6-8(11(13)16)2-4-14-10/h2,4,6-7,9H,3,5H2,1H3,(H2,13,16)(H,17,18). The highest BCUT2D eigenvalue weighted by Gasteiger charge is 2.36. The number of aromatic nitrogens is 1. The van der Waals surface area contributed by atoms with E-state index >= 15 is 0 Å². The molecule has 18 heavy (non-hydrogen) atoms. The van der Waals surface area contributed by atoms with E-state index in [1.54, 1.807) is 12.1 Å². The van der Waals surface area contributed by atoms with Gasteiger partial charge in [0, 0.05) is 24.3 Å². The number of pyridine rings is 1. The van der Waals surface area contributed by atoms with E-state index in [1.807, 2.05) is 11.8 Å². The second-order valence-electron chi connectivity index (χ2n) is 4.43. The van der Waals surface area contributed by atoms with Crippen molar-refractivity contribution in [1.29, 1.82) is 0 Å². The molecule has 6 nitrogen and oxygen atoms in total. The van der Waals surface area contributed by atoms with Crippen LogP contribution in [-0.2, 0) is 4.79 Å². The molecule has 3 N–H and O–H groups in total. The molecule has 0 aromatic carbocycles. The number of primary amides is 1. The summed E-state index contributed by atoms with van der Waals surface area (Å²) in [6.07, 6.45) is 2.09. The number of carboxylic acid groups (broad SMARTS) is 1. The zero-order valence-electron chi connectivity index (χ0n) is 10.0. The quantitative estimate of drug-likeness (QED) is 0.812. The van der Waals surface area contributed by atoms with Crippen LogP contribution in [0.25, 0.3) is 0 Å². The minimum atomic E-state index is -0.795. The first kappa shape index (κ1) is 12.3. The molecule has 1 fully saturated rings. The van der Waals surface area contributed by atoms with E-state index in [0.717, 1.165) is 0 Å². The monoisotopic (exact) mass is 249 g/mol. The molecule has 2 atom stereocenters. The molecule has 1 aliphatic rings. The van der Waals surface area contributed by atoms with Gasteiger partial charge in [-0.2, -0.15) is 0 Å². The molecule has 96 valence electrons. The summed E-state index contributed by atoms with van der Waals surface area (Å²) in [5, 5.41) is 9.07. The Bertz CT molecular complexity index is 489. The maximum atomic E-state index is 11.1. The highest BCUT2D eigenvalue weighted by Crippen LogP contribution is 2.28. The van der Waals surface area contributed by atoms with Crippen molar-refractivity contribution >= 4 is 17.7 Å². The van der Waals surface area contributed by atoms with Crippen molar-refractivity contribution in [1.82, 2.24) is 4.98 Å². The van der Waals surface area contributed by atoms with E-state index in [1.165, 1.54) is 6.20 Å². The first-order valence-electron chi connectivity index (χ1n) is 5.76. The zero-order chi connectivity index (χ0) is 13.3. The summed E-state index contributed by atoms with van der Waals surface area (Å²) in [4.78, 5) is 28.2. The van der Waals surface area contributed by atoms with Crippen LogP contribution in [0.5, 0.6) is 0 Å². The summed E-state index contributed by atoms with van der Waals surface area (Å²) in [5.74, 6) is -1.11. The van der Waals surface area contributed by atoms with Gasteiger partial charge >= 0.3 is 5.97 Å². The summed E-state index contributed by atoms with van der Waals surface area (Å²) in [5.41, 5.74) is 5.59. The van der Waals surface area contributed by atoms with Crippen LogP contribution in [0.15, 0.2) is 18.3 Å². The fraction of sp³-hybridized carbons (Fsp3) is 0.417. The molecule has 2 heterocycles. The zero-order valence-corrected chi connectivity index (χ0v) is 10.0. The Morgan fingerprint density at radius 3 is 2.83 bits per heavy atom. The molecule has 1 amide bonds. The van der Waals surface area contributed by atoms with E-state index in [0.29, 0.717) is 24.3 Å². The van der Waals surface area contributed by atoms with Gasteiger partial charge in [0.05, 0.1) is 5.92 Å². The minimum absolute atomic E-state index is 0.141. The van der Waals surface area contributed by atoms with Gasteiger partial charge in [0.25, 0.3) is 0 Å². The first-order valence-corrected chi connectivity index (χ1v) is 5.76. The lowest BCUT2D eigenvalue weighted by Crippen LogP contribution is -2.33. The van der Waals surface area contributed by atoms with Crippen molar-refractivity contribution in [3.63, 3.8) is 0 Å². The van der Waals surface area contributed by atoms with Gasteiger partial charge in [-0.3, -0.25) is 9.59 Å². The molecule has 1 aliphatic heterocycles. The maximum absolute atomic E-state index is 11.1. The Labute approximate surface area is 104 Å². The number of aliphatic carboxylic acids is 1. The lowest BCUT2D eigenvalue weighted by atomic mass is 10.0. The predicted molar refractivity (Wildman–Crippen MR) is 65.3 cm³/mol. The van der Waals surface area contributed by atoms with E-state index in [4.69, 9.17) is 10.8 Å². The summed E-state index contributed by atoms with van der Waals surface area (Å²) in [6, 6.07) is 3.00. The van der Waals surface area contributed by atoms with Gasteiger partial charge in [0.15, 0.2) is 0 Å². The van der Waals surface area contributed by atoms with Gasteiger partial charge < -0.3 is 15.7 Å². The molecule has 0 saturated carbocycles. The van der Waals surface area contributed by atoms with Crippen molar-refractivity contribution in [3.05, 3.63) is 23.9 Å². The van der Waals surface area contributed by atoms with Gasteiger partial charge in [-0.05, 0) is 25.5 Å². The van der Waals surface area contributed by atoms with Crippen molar-refractivity contribution in [2.45, 2.75) is 19.4 Å². The minimum Gasteiger partial charge on any atom is -0.481 e. The van der Waals surface area contributed by atoms with Crippen LogP contribution in [0.1, 0.15) is 23.7 Å². The molecule has 2 rings (SSSR count). The van der Waals surface area contributed by atoms with Crippen molar-refractivity contribution < 1.29 is 14.7 Å². The molecule has 0 spiro atoms. The molecule has 2 unspecified atom stereocenters. The van der Waals surface area contributed by atoms with Crippen LogP contribution < -0.4 is 10.6 Å². The number of hydrogen-bond donors (Lipinski definition) is 2. The average molecular weight is 249 g/mol. The van der Waals surface area contributed by atoms with Gasteiger partial charge in [-0.25, -0.2) is 4.98 Å². The molecular formula is C12H15N3O3. The Balaban J connectivity index is 2.25. The molecule has 6 heteroatoms. The Hall–Kier alpha value is -2.11. The fourth-order valence-electron chi connectivity index (χ4n) is 2.32. The Morgan fingerprint density at radius 1 is 1.56 bits per heavy atom. The first-order chi connectivity index (χ1) is 8.50. The van der Waals surface area contributed by atoms with Crippen LogP contribution >= 0.6 is 0 Å². The van der Waals surface area contributed by atoms with Crippen LogP contribution in [0.2, 0.25) is 0 Å². The molecule has 0 bridgehead atoms. The lowest BCUT2D eigenvalue weighted by molar-refractivity contribution is -0.141. The third kappa shape index (κ3) is 2.13. The smallest absolute Gasteiger partial charge is 0.308 e. The number of carbonyl (C=O) groups is 2. The summed E-state index contributed by atoms with van der Waals surface area (Å²) in [6.45, 7) is 2.47. The van der Waals surface area contributed by atoms with Crippen molar-refractivity contribution in [2.24, 2.45) is 11.7 Å². The second-order valence-corrected chi connectivity index (χ2v) is 4.43. The molecule has 1 aromatic heterocycles. The number of hydrogen-bond acceptors (Lipinski definition) is 4. The topological polar surface area (TPSA) is 96.5 Å². The van der Waals surface area contributed by atoms with E-state index in [2.05, 4.69) is 4.98 Å². The van der Waals surface area contributed by atoms with Crippen LogP contribution in [0, 0.1) is 5.92 Å². The Morgan fingerprint density at radius 2 is 2.28 bits per heavy atom. The largest absolute Gasteiger partial charge is 0.481 e. The summed E-state index contributed by atoms with van der Waals surface area (Å²) >= 11 is 0. The Kier molecular flexibility index (Phi) is 3.18. The van der Waals surface area contributed by atoms with E-state index < -0.39 is 17.8 Å². The number of anilines is 1. The van der Waals surface area contributed by atoms with E-state index in [-0.39, 0.29) is 6.04 Å². The molecule has 1 saturated heterocycles. The van der Waals surface area contributed by atoms with Gasteiger partial charge in [0.1, 0.15) is 5.82 Å². The predicted octanol–water partition coefficient (Wildman–Crippen LogP) is 0.480. The highest BCUT2D eigenvalue weighted by molar-refractivity contribution is 5.93. The fourth-order valence-corrected chi connectivity index (χ4v) is 2.32. The second kappa shape index (κ2) is 4.64. The molecule has 0 aliphatic carbocycles. The van der Waals surface area contributed by atoms with Gasteiger partial charge in [-0.15, -0.1) is 0 Å². The number of nitrogens with zero attached hydrogens (tertiary/aromatic N) is 2. The van der Waals surface area contributed by atoms with Crippen LogP contribution in [-0.4, -0.2) is 34.6 Å². The van der Waals surface area contributed by atoms with E-state index in [9.17, 15) is 9.59 Å². The summed E-state index contributed by atoms with van der Waals surface area (Å²) < 4.78 is 0. The summed E-state index contributed by atoms with van der Waals surface area (Å²) in [7, 11) is 0. The SMILES string of the molecule is CC1C(C(=O)O)CCN1c1cc(C(N)=O)ccn1. The number of nitrogens with two attached hydrogens (primary N) is 1. The molecule has 0 radical (unpaired) electrons. The van der Waals surface area contributed by atoms with Crippen molar-refractivity contribution in [3.8, 4) is 0 Å². The molecular weight excluding hydrogens is 234 g/mol. The van der Waals surface area contributed by atoms with Crippen LogP contribution in [0.4, 0.5) is 5.82 Å². The number of rotatable bonds is 3. The van der Waals surface area contributed by atoms with Crippen LogP contribution in [0.3, 0.4) is 0 Å². The number of carbonyl (C=O) groups excluding carboxylic acids is 1. The third-order valence-corrected chi connectivity index (χ3v) is 3.40. The van der Waals surface area contributed by atoms with Crippen molar-refractivity contribution in [2.75, 3.05) is 11.4 Å². The third-order valence-electron chi connectivity index (χ3n) is 3.40. The molecule has 1 aromatic rings.